The minimum atomic E-state index is -0.958. The fourth-order valence-electron chi connectivity index (χ4n) is 2.05. The van der Waals surface area contributed by atoms with E-state index in [0.29, 0.717) is 28.4 Å². The van der Waals surface area contributed by atoms with E-state index < -0.39 is 12.0 Å². The summed E-state index contributed by atoms with van der Waals surface area (Å²) in [5.41, 5.74) is 1.17. The van der Waals surface area contributed by atoms with Crippen molar-refractivity contribution >= 4 is 35.2 Å². The molecule has 1 aliphatic rings. The predicted molar refractivity (Wildman–Crippen MR) is 76.0 cm³/mol. The molecule has 0 radical (unpaired) electrons. The monoisotopic (exact) mass is 299 g/mol. The Labute approximate surface area is 120 Å². The molecule has 0 spiro atoms. The molecule has 0 saturated carbocycles. The lowest BCUT2D eigenvalue weighted by molar-refractivity contribution is -0.141. The van der Waals surface area contributed by atoms with Crippen LogP contribution in [0.5, 0.6) is 0 Å². The van der Waals surface area contributed by atoms with E-state index >= 15 is 0 Å². The van der Waals surface area contributed by atoms with Crippen LogP contribution in [0.25, 0.3) is 0 Å². The van der Waals surface area contributed by atoms with Crippen LogP contribution in [0.4, 0.5) is 0 Å². The second kappa shape index (κ2) is 5.84. The normalized spacial score (nSPS) is 19.3. The first-order valence-corrected chi connectivity index (χ1v) is 7.42. The Morgan fingerprint density at radius 3 is 2.89 bits per heavy atom. The molecule has 6 heteroatoms. The van der Waals surface area contributed by atoms with E-state index in [0.717, 1.165) is 5.75 Å². The summed E-state index contributed by atoms with van der Waals surface area (Å²) >= 11 is 7.56. The number of halogens is 1. The number of benzene rings is 1. The predicted octanol–water partition coefficient (Wildman–Crippen LogP) is 2.29. The molecule has 1 heterocycles. The zero-order valence-electron chi connectivity index (χ0n) is 10.4. The highest BCUT2D eigenvalue weighted by Gasteiger charge is 2.33. The summed E-state index contributed by atoms with van der Waals surface area (Å²) in [5.74, 6) is -0.0246. The van der Waals surface area contributed by atoms with E-state index in [1.165, 1.54) is 4.90 Å². The van der Waals surface area contributed by atoms with Crippen LogP contribution in [0.3, 0.4) is 0 Å². The smallest absolute Gasteiger partial charge is 0.327 e. The number of rotatable bonds is 2. The first-order valence-electron chi connectivity index (χ1n) is 5.89. The fraction of sp³-hybridized carbons (Fsp3) is 0.385. The molecule has 0 aromatic heterocycles. The van der Waals surface area contributed by atoms with Crippen molar-refractivity contribution in [2.24, 2.45) is 0 Å². The van der Waals surface area contributed by atoms with Crippen molar-refractivity contribution in [3.63, 3.8) is 0 Å². The van der Waals surface area contributed by atoms with Gasteiger partial charge in [-0.2, -0.15) is 11.8 Å². The van der Waals surface area contributed by atoms with E-state index in [4.69, 9.17) is 11.6 Å². The SMILES string of the molecule is Cc1c(Cl)cccc1C(=O)N1CCSCC1C(=O)O. The highest BCUT2D eigenvalue weighted by atomic mass is 35.5. The summed E-state index contributed by atoms with van der Waals surface area (Å²) in [6, 6.07) is 4.35. The van der Waals surface area contributed by atoms with E-state index in [2.05, 4.69) is 0 Å². The number of carboxylic acid groups (broad SMARTS) is 1. The molecular weight excluding hydrogens is 286 g/mol. The number of thioether (sulfide) groups is 1. The summed E-state index contributed by atoms with van der Waals surface area (Å²) in [5, 5.41) is 9.71. The van der Waals surface area contributed by atoms with Gasteiger partial charge in [-0.15, -0.1) is 0 Å². The molecule has 1 aromatic rings. The van der Waals surface area contributed by atoms with Gasteiger partial charge in [-0.1, -0.05) is 17.7 Å². The zero-order chi connectivity index (χ0) is 14.0. The van der Waals surface area contributed by atoms with Crippen LogP contribution in [-0.2, 0) is 4.79 Å². The minimum absolute atomic E-state index is 0.257. The Balaban J connectivity index is 2.31. The maximum absolute atomic E-state index is 12.5. The van der Waals surface area contributed by atoms with Gasteiger partial charge in [-0.3, -0.25) is 4.79 Å². The second-order valence-corrected chi connectivity index (χ2v) is 5.90. The van der Waals surface area contributed by atoms with E-state index in [9.17, 15) is 14.7 Å². The molecule has 102 valence electrons. The molecule has 0 bridgehead atoms. The van der Waals surface area contributed by atoms with Crippen molar-refractivity contribution in [1.29, 1.82) is 0 Å². The fourth-order valence-corrected chi connectivity index (χ4v) is 3.26. The lowest BCUT2D eigenvalue weighted by atomic mass is 10.1. The van der Waals surface area contributed by atoms with Crippen molar-refractivity contribution in [2.45, 2.75) is 13.0 Å². The summed E-state index contributed by atoms with van der Waals surface area (Å²) in [6.07, 6.45) is 0. The molecular formula is C13H14ClNO3S. The maximum Gasteiger partial charge on any atom is 0.327 e. The minimum Gasteiger partial charge on any atom is -0.480 e. The van der Waals surface area contributed by atoms with Gasteiger partial charge in [0.2, 0.25) is 0 Å². The van der Waals surface area contributed by atoms with Gasteiger partial charge in [0.15, 0.2) is 0 Å². The summed E-state index contributed by atoms with van der Waals surface area (Å²) < 4.78 is 0. The molecule has 1 saturated heterocycles. The molecule has 1 aromatic carbocycles. The van der Waals surface area contributed by atoms with Crippen LogP contribution in [0.15, 0.2) is 18.2 Å². The molecule has 1 atom stereocenters. The van der Waals surface area contributed by atoms with Gasteiger partial charge in [-0.05, 0) is 24.6 Å². The van der Waals surface area contributed by atoms with Gasteiger partial charge in [-0.25, -0.2) is 4.79 Å². The third-order valence-corrected chi connectivity index (χ3v) is 4.60. The molecule has 1 N–H and O–H groups in total. The number of carbonyl (C=O) groups excluding carboxylic acids is 1. The van der Waals surface area contributed by atoms with Crippen molar-refractivity contribution in [3.8, 4) is 0 Å². The zero-order valence-corrected chi connectivity index (χ0v) is 12.0. The first-order chi connectivity index (χ1) is 9.02. The third kappa shape index (κ3) is 2.87. The quantitative estimate of drug-likeness (QED) is 0.910. The lowest BCUT2D eigenvalue weighted by Gasteiger charge is -2.33. The van der Waals surface area contributed by atoms with Crippen LogP contribution >= 0.6 is 23.4 Å². The molecule has 19 heavy (non-hydrogen) atoms. The Hall–Kier alpha value is -1.20. The number of carboxylic acids is 1. The molecule has 0 aliphatic carbocycles. The number of hydrogen-bond acceptors (Lipinski definition) is 3. The number of aliphatic carboxylic acids is 1. The molecule has 4 nitrogen and oxygen atoms in total. The van der Waals surface area contributed by atoms with E-state index in [1.807, 2.05) is 0 Å². The van der Waals surface area contributed by atoms with E-state index in [1.54, 1.807) is 36.9 Å². The van der Waals surface area contributed by atoms with E-state index in [-0.39, 0.29) is 5.91 Å². The molecule has 1 fully saturated rings. The number of carbonyl (C=O) groups is 2. The Bertz CT molecular complexity index is 521. The van der Waals surface area contributed by atoms with Gasteiger partial charge < -0.3 is 10.0 Å². The molecule has 1 aliphatic heterocycles. The van der Waals surface area contributed by atoms with Crippen molar-refractivity contribution in [2.75, 3.05) is 18.1 Å². The van der Waals surface area contributed by atoms with Crippen molar-refractivity contribution in [1.82, 2.24) is 4.90 Å². The average Bonchev–Trinajstić information content (AvgIpc) is 2.41. The summed E-state index contributed by atoms with van der Waals surface area (Å²) in [6.45, 7) is 2.22. The van der Waals surface area contributed by atoms with Gasteiger partial charge in [0.05, 0.1) is 0 Å². The lowest BCUT2D eigenvalue weighted by Crippen LogP contribution is -2.50. The summed E-state index contributed by atoms with van der Waals surface area (Å²) in [7, 11) is 0. The standard InChI is InChI=1S/C13H14ClNO3S/c1-8-9(3-2-4-10(8)14)12(16)15-5-6-19-7-11(15)13(17)18/h2-4,11H,5-7H2,1H3,(H,17,18). The number of amides is 1. The van der Waals surface area contributed by atoms with Crippen molar-refractivity contribution in [3.05, 3.63) is 34.3 Å². The molecule has 1 amide bonds. The third-order valence-electron chi connectivity index (χ3n) is 3.17. The number of nitrogens with zero attached hydrogens (tertiary/aromatic N) is 1. The average molecular weight is 300 g/mol. The number of hydrogen-bond donors (Lipinski definition) is 1. The van der Waals surface area contributed by atoms with Crippen LogP contribution in [0.2, 0.25) is 5.02 Å². The maximum atomic E-state index is 12.5. The second-order valence-electron chi connectivity index (χ2n) is 4.34. The molecule has 2 rings (SSSR count). The van der Waals surface area contributed by atoms with Crippen LogP contribution in [0.1, 0.15) is 15.9 Å². The first kappa shape index (κ1) is 14.2. The van der Waals surface area contributed by atoms with Gasteiger partial charge >= 0.3 is 5.97 Å². The van der Waals surface area contributed by atoms with Crippen LogP contribution < -0.4 is 0 Å². The Morgan fingerprint density at radius 2 is 2.21 bits per heavy atom. The largest absolute Gasteiger partial charge is 0.480 e. The highest BCUT2D eigenvalue weighted by Crippen LogP contribution is 2.24. The van der Waals surface area contributed by atoms with Crippen LogP contribution in [0, 0.1) is 6.92 Å². The highest BCUT2D eigenvalue weighted by molar-refractivity contribution is 7.99. The van der Waals surface area contributed by atoms with Gasteiger partial charge in [0, 0.05) is 28.6 Å². The van der Waals surface area contributed by atoms with Gasteiger partial charge in [0.1, 0.15) is 6.04 Å². The van der Waals surface area contributed by atoms with Gasteiger partial charge in [0.25, 0.3) is 5.91 Å². The Morgan fingerprint density at radius 1 is 1.47 bits per heavy atom. The topological polar surface area (TPSA) is 57.6 Å². The summed E-state index contributed by atoms with van der Waals surface area (Å²) in [4.78, 5) is 25.1. The molecule has 1 unspecified atom stereocenters. The van der Waals surface area contributed by atoms with Crippen molar-refractivity contribution < 1.29 is 14.7 Å². The van der Waals surface area contributed by atoms with Crippen LogP contribution in [-0.4, -0.2) is 46.0 Å². The Kier molecular flexibility index (Phi) is 4.37.